The highest BCUT2D eigenvalue weighted by molar-refractivity contribution is 6.42. The molecule has 102 valence electrons. The number of amides is 1. The lowest BCUT2D eigenvalue weighted by Gasteiger charge is -2.50. The molecule has 2 aliphatic rings. The van der Waals surface area contributed by atoms with Gasteiger partial charge in [-0.15, -0.1) is 0 Å². The Kier molecular flexibility index (Phi) is 3.43. The Hall–Kier alpha value is -0.810. The fraction of sp³-hybridized carbons (Fsp3) is 0.462. The van der Waals surface area contributed by atoms with E-state index in [2.05, 4.69) is 5.32 Å². The third kappa shape index (κ3) is 2.13. The highest BCUT2D eigenvalue weighted by atomic mass is 35.5. The van der Waals surface area contributed by atoms with Crippen molar-refractivity contribution in [2.45, 2.75) is 12.1 Å². The van der Waals surface area contributed by atoms with Crippen LogP contribution < -0.4 is 5.32 Å². The average Bonchev–Trinajstić information content (AvgIpc) is 2.42. The standard InChI is InChI=1S/C13H14Cl2N2O2/c14-10-3-2-9(6-11(10)15)13-8-19-7-12(18)17(13)5-1-4-16-13/h2-3,6,16H,1,4-5,7-8H2. The van der Waals surface area contributed by atoms with E-state index in [0.29, 0.717) is 16.7 Å². The second-order valence-corrected chi connectivity index (χ2v) is 5.62. The number of morpholine rings is 1. The molecule has 3 rings (SSSR count). The first-order valence-electron chi connectivity index (χ1n) is 6.22. The van der Waals surface area contributed by atoms with Crippen molar-refractivity contribution >= 4 is 29.1 Å². The smallest absolute Gasteiger partial charge is 0.250 e. The Balaban J connectivity index is 2.06. The van der Waals surface area contributed by atoms with Crippen LogP contribution >= 0.6 is 23.2 Å². The summed E-state index contributed by atoms with van der Waals surface area (Å²) in [7, 11) is 0. The molecular formula is C13H14Cl2N2O2. The summed E-state index contributed by atoms with van der Waals surface area (Å²) in [6, 6.07) is 5.44. The van der Waals surface area contributed by atoms with Gasteiger partial charge in [-0.25, -0.2) is 0 Å². The van der Waals surface area contributed by atoms with Gasteiger partial charge in [0.15, 0.2) is 0 Å². The Morgan fingerprint density at radius 1 is 1.32 bits per heavy atom. The van der Waals surface area contributed by atoms with E-state index in [1.807, 2.05) is 11.0 Å². The molecule has 1 amide bonds. The predicted octanol–water partition coefficient (Wildman–Crippen LogP) is 2.00. The summed E-state index contributed by atoms with van der Waals surface area (Å²) >= 11 is 12.1. The highest BCUT2D eigenvalue weighted by Gasteiger charge is 2.46. The number of fused-ring (bicyclic) bond motifs is 1. The van der Waals surface area contributed by atoms with E-state index in [1.54, 1.807) is 12.1 Å². The maximum atomic E-state index is 12.1. The number of rotatable bonds is 1. The minimum atomic E-state index is -0.609. The van der Waals surface area contributed by atoms with E-state index in [0.717, 1.165) is 25.1 Å². The van der Waals surface area contributed by atoms with Gasteiger partial charge in [-0.2, -0.15) is 0 Å². The maximum absolute atomic E-state index is 12.1. The fourth-order valence-corrected chi connectivity index (χ4v) is 3.04. The number of hydrogen-bond acceptors (Lipinski definition) is 3. The van der Waals surface area contributed by atoms with Crippen LogP contribution in [0.3, 0.4) is 0 Å². The van der Waals surface area contributed by atoms with Gasteiger partial charge < -0.3 is 9.64 Å². The van der Waals surface area contributed by atoms with E-state index in [-0.39, 0.29) is 12.5 Å². The van der Waals surface area contributed by atoms with Gasteiger partial charge in [0, 0.05) is 6.54 Å². The first-order chi connectivity index (χ1) is 9.13. The summed E-state index contributed by atoms with van der Waals surface area (Å²) in [5.74, 6) is 0.00419. The number of halogens is 2. The molecule has 4 nitrogen and oxygen atoms in total. The number of carbonyl (C=O) groups is 1. The average molecular weight is 301 g/mol. The molecule has 2 fully saturated rings. The second kappa shape index (κ2) is 4.94. The van der Waals surface area contributed by atoms with Gasteiger partial charge in [0.25, 0.3) is 0 Å². The van der Waals surface area contributed by atoms with Gasteiger partial charge in [-0.3, -0.25) is 10.1 Å². The lowest BCUT2D eigenvalue weighted by molar-refractivity contribution is -0.167. The van der Waals surface area contributed by atoms with Crippen LogP contribution in [0.2, 0.25) is 10.0 Å². The summed E-state index contributed by atoms with van der Waals surface area (Å²) in [4.78, 5) is 13.9. The number of nitrogens with one attached hydrogen (secondary N) is 1. The molecule has 2 heterocycles. The lowest BCUT2D eigenvalue weighted by Crippen LogP contribution is -2.67. The Morgan fingerprint density at radius 3 is 2.95 bits per heavy atom. The van der Waals surface area contributed by atoms with Crippen molar-refractivity contribution in [3.05, 3.63) is 33.8 Å². The van der Waals surface area contributed by atoms with Crippen LogP contribution in [0.5, 0.6) is 0 Å². The van der Waals surface area contributed by atoms with Crippen LogP contribution in [0.15, 0.2) is 18.2 Å². The largest absolute Gasteiger partial charge is 0.367 e. The molecule has 0 radical (unpaired) electrons. The molecule has 1 atom stereocenters. The quantitative estimate of drug-likeness (QED) is 0.862. The monoisotopic (exact) mass is 300 g/mol. The second-order valence-electron chi connectivity index (χ2n) is 4.81. The van der Waals surface area contributed by atoms with Gasteiger partial charge in [0.1, 0.15) is 12.3 Å². The number of carbonyl (C=O) groups excluding carboxylic acids is 1. The molecule has 0 spiro atoms. The van der Waals surface area contributed by atoms with Gasteiger partial charge in [-0.1, -0.05) is 29.3 Å². The van der Waals surface area contributed by atoms with E-state index < -0.39 is 5.66 Å². The molecule has 1 aromatic rings. The first kappa shape index (κ1) is 13.2. The molecule has 1 aromatic carbocycles. The summed E-state index contributed by atoms with van der Waals surface area (Å²) in [5, 5.41) is 4.40. The molecule has 0 bridgehead atoms. The SMILES string of the molecule is O=C1COCC2(c3ccc(Cl)c(Cl)c3)NCCCN12. The number of benzene rings is 1. The molecular weight excluding hydrogens is 287 g/mol. The topological polar surface area (TPSA) is 41.6 Å². The fourth-order valence-electron chi connectivity index (χ4n) is 2.74. The Morgan fingerprint density at radius 2 is 2.16 bits per heavy atom. The molecule has 2 aliphatic heterocycles. The third-order valence-corrected chi connectivity index (χ3v) is 4.41. The lowest BCUT2D eigenvalue weighted by atomic mass is 9.94. The van der Waals surface area contributed by atoms with Crippen molar-refractivity contribution in [1.29, 1.82) is 0 Å². The van der Waals surface area contributed by atoms with E-state index in [1.165, 1.54) is 0 Å². The van der Waals surface area contributed by atoms with Crippen LogP contribution in [0.25, 0.3) is 0 Å². The van der Waals surface area contributed by atoms with Crippen molar-refractivity contribution in [1.82, 2.24) is 10.2 Å². The highest BCUT2D eigenvalue weighted by Crippen LogP contribution is 2.35. The zero-order valence-electron chi connectivity index (χ0n) is 10.3. The van der Waals surface area contributed by atoms with Gasteiger partial charge in [-0.05, 0) is 30.7 Å². The van der Waals surface area contributed by atoms with Crippen LogP contribution in [0, 0.1) is 0 Å². The molecule has 0 aliphatic carbocycles. The number of hydrogen-bond donors (Lipinski definition) is 1. The molecule has 0 aromatic heterocycles. The van der Waals surface area contributed by atoms with Crippen molar-refractivity contribution in [3.8, 4) is 0 Å². The van der Waals surface area contributed by atoms with Crippen molar-refractivity contribution in [2.75, 3.05) is 26.3 Å². The molecule has 2 saturated heterocycles. The maximum Gasteiger partial charge on any atom is 0.250 e. The van der Waals surface area contributed by atoms with Gasteiger partial charge in [0.2, 0.25) is 5.91 Å². The van der Waals surface area contributed by atoms with Crippen LogP contribution in [-0.2, 0) is 15.2 Å². The predicted molar refractivity (Wildman–Crippen MR) is 73.3 cm³/mol. The molecule has 0 saturated carbocycles. The van der Waals surface area contributed by atoms with E-state index in [9.17, 15) is 4.79 Å². The van der Waals surface area contributed by atoms with Gasteiger partial charge >= 0.3 is 0 Å². The molecule has 6 heteroatoms. The summed E-state index contributed by atoms with van der Waals surface area (Å²) in [6.07, 6.45) is 0.939. The van der Waals surface area contributed by atoms with Crippen molar-refractivity contribution in [3.63, 3.8) is 0 Å². The molecule has 19 heavy (non-hydrogen) atoms. The number of nitrogens with zero attached hydrogens (tertiary/aromatic N) is 1. The van der Waals surface area contributed by atoms with Crippen LogP contribution in [0.4, 0.5) is 0 Å². The van der Waals surface area contributed by atoms with Crippen LogP contribution in [0.1, 0.15) is 12.0 Å². The zero-order chi connectivity index (χ0) is 13.5. The molecule has 1 N–H and O–H groups in total. The van der Waals surface area contributed by atoms with Crippen molar-refractivity contribution < 1.29 is 9.53 Å². The minimum Gasteiger partial charge on any atom is -0.367 e. The van der Waals surface area contributed by atoms with Crippen molar-refractivity contribution in [2.24, 2.45) is 0 Å². The van der Waals surface area contributed by atoms with Gasteiger partial charge in [0.05, 0.1) is 16.7 Å². The summed E-state index contributed by atoms with van der Waals surface area (Å²) < 4.78 is 5.45. The summed E-state index contributed by atoms with van der Waals surface area (Å²) in [6.45, 7) is 2.14. The first-order valence-corrected chi connectivity index (χ1v) is 6.98. The Bertz CT molecular complexity index is 519. The number of ether oxygens (including phenoxy) is 1. The third-order valence-electron chi connectivity index (χ3n) is 3.67. The Labute approximate surface area is 121 Å². The van der Waals surface area contributed by atoms with E-state index >= 15 is 0 Å². The molecule has 1 unspecified atom stereocenters. The van der Waals surface area contributed by atoms with E-state index in [4.69, 9.17) is 27.9 Å². The zero-order valence-corrected chi connectivity index (χ0v) is 11.8. The normalized spacial score (nSPS) is 27.3. The minimum absolute atomic E-state index is 0.00419. The van der Waals surface area contributed by atoms with Crippen LogP contribution in [-0.4, -0.2) is 37.1 Å². The summed E-state index contributed by atoms with van der Waals surface area (Å²) in [5.41, 5.74) is 0.302.